The first kappa shape index (κ1) is 12.0. The van der Waals surface area contributed by atoms with E-state index in [1.54, 1.807) is 11.3 Å². The topological polar surface area (TPSA) is 20.2 Å². The van der Waals surface area contributed by atoms with E-state index >= 15 is 0 Å². The van der Waals surface area contributed by atoms with Crippen LogP contribution in [-0.4, -0.2) is 5.11 Å². The first-order chi connectivity index (χ1) is 9.27. The van der Waals surface area contributed by atoms with Gasteiger partial charge in [0.25, 0.3) is 0 Å². The standard InChI is InChI=1S/C16H15ClOS/c17-12-7-8-19-16(12)15(18)14-11-6-5-9-3-1-2-4-10(9)13(11)14/h1-4,7-8,11,13-15,18H,5-6H2. The van der Waals surface area contributed by atoms with E-state index in [1.165, 1.54) is 17.5 Å². The molecule has 0 spiro atoms. The zero-order valence-corrected chi connectivity index (χ0v) is 12.0. The molecule has 3 heteroatoms. The number of hydrogen-bond donors (Lipinski definition) is 1. The van der Waals surface area contributed by atoms with Crippen molar-refractivity contribution in [2.45, 2.75) is 24.9 Å². The van der Waals surface area contributed by atoms with Crippen LogP contribution >= 0.6 is 22.9 Å². The van der Waals surface area contributed by atoms with Gasteiger partial charge >= 0.3 is 0 Å². The zero-order valence-electron chi connectivity index (χ0n) is 10.4. The lowest BCUT2D eigenvalue weighted by Gasteiger charge is -2.13. The van der Waals surface area contributed by atoms with Gasteiger partial charge in [0.05, 0.1) is 16.0 Å². The monoisotopic (exact) mass is 290 g/mol. The molecule has 4 unspecified atom stereocenters. The summed E-state index contributed by atoms with van der Waals surface area (Å²) < 4.78 is 0. The second-order valence-corrected chi connectivity index (χ2v) is 6.94. The summed E-state index contributed by atoms with van der Waals surface area (Å²) in [5.41, 5.74) is 2.92. The highest BCUT2D eigenvalue weighted by Gasteiger charge is 2.56. The van der Waals surface area contributed by atoms with Crippen molar-refractivity contribution in [2.75, 3.05) is 0 Å². The van der Waals surface area contributed by atoms with Crippen molar-refractivity contribution in [2.24, 2.45) is 11.8 Å². The molecule has 0 radical (unpaired) electrons. The Hall–Kier alpha value is -0.830. The maximum Gasteiger partial charge on any atom is 0.0933 e. The van der Waals surface area contributed by atoms with Crippen molar-refractivity contribution in [1.82, 2.24) is 0 Å². The largest absolute Gasteiger partial charge is 0.387 e. The highest BCUT2D eigenvalue weighted by Crippen LogP contribution is 2.64. The van der Waals surface area contributed by atoms with Gasteiger partial charge in [0.15, 0.2) is 0 Å². The maximum absolute atomic E-state index is 10.6. The number of aryl methyl sites for hydroxylation is 1. The number of halogens is 1. The van der Waals surface area contributed by atoms with Crippen LogP contribution in [0.5, 0.6) is 0 Å². The van der Waals surface area contributed by atoms with E-state index in [-0.39, 0.29) is 0 Å². The second-order valence-electron chi connectivity index (χ2n) is 5.58. The molecular weight excluding hydrogens is 276 g/mol. The van der Waals surface area contributed by atoms with Crippen molar-refractivity contribution >= 4 is 22.9 Å². The van der Waals surface area contributed by atoms with E-state index in [0.717, 1.165) is 16.3 Å². The van der Waals surface area contributed by atoms with Gasteiger partial charge in [-0.05, 0) is 47.3 Å². The Bertz CT molecular complexity index is 621. The quantitative estimate of drug-likeness (QED) is 0.868. The van der Waals surface area contributed by atoms with Crippen LogP contribution in [0.1, 0.15) is 34.4 Å². The Morgan fingerprint density at radius 1 is 1.26 bits per heavy atom. The fraction of sp³-hybridized carbons (Fsp3) is 0.375. The average molecular weight is 291 g/mol. The van der Waals surface area contributed by atoms with E-state index in [4.69, 9.17) is 11.6 Å². The van der Waals surface area contributed by atoms with Crippen molar-refractivity contribution in [3.63, 3.8) is 0 Å². The molecule has 2 aliphatic carbocycles. The Morgan fingerprint density at radius 2 is 2.11 bits per heavy atom. The van der Waals surface area contributed by atoms with Crippen LogP contribution in [0.15, 0.2) is 35.7 Å². The summed E-state index contributed by atoms with van der Waals surface area (Å²) >= 11 is 7.73. The van der Waals surface area contributed by atoms with Crippen molar-refractivity contribution in [3.8, 4) is 0 Å². The van der Waals surface area contributed by atoms with Gasteiger partial charge in [-0.3, -0.25) is 0 Å². The van der Waals surface area contributed by atoms with Gasteiger partial charge in [0.1, 0.15) is 0 Å². The minimum atomic E-state index is -0.395. The summed E-state index contributed by atoms with van der Waals surface area (Å²) in [6.07, 6.45) is 1.96. The molecule has 1 aromatic carbocycles. The van der Waals surface area contributed by atoms with Gasteiger partial charge in [-0.15, -0.1) is 11.3 Å². The molecule has 1 fully saturated rings. The van der Waals surface area contributed by atoms with E-state index in [9.17, 15) is 5.11 Å². The molecule has 0 amide bonds. The maximum atomic E-state index is 10.6. The highest BCUT2D eigenvalue weighted by molar-refractivity contribution is 7.10. The predicted octanol–water partition coefficient (Wildman–Crippen LogP) is 4.41. The molecular formula is C16H15ClOS. The Kier molecular flexibility index (Phi) is 2.73. The molecule has 1 saturated carbocycles. The molecule has 4 rings (SSSR count). The van der Waals surface area contributed by atoms with Crippen LogP contribution in [-0.2, 0) is 6.42 Å². The predicted molar refractivity (Wildman–Crippen MR) is 78.8 cm³/mol. The van der Waals surface area contributed by atoms with Crippen molar-refractivity contribution < 1.29 is 5.11 Å². The minimum absolute atomic E-state index is 0.361. The molecule has 2 aliphatic rings. The SMILES string of the molecule is OC(c1sccc1Cl)C1C2CCc3ccccc3C21. The molecule has 1 heterocycles. The number of fused-ring (bicyclic) bond motifs is 3. The molecule has 0 bridgehead atoms. The Balaban J connectivity index is 1.66. The summed E-state index contributed by atoms with van der Waals surface area (Å²) in [6, 6.07) is 10.6. The van der Waals surface area contributed by atoms with E-state index in [2.05, 4.69) is 24.3 Å². The fourth-order valence-electron chi connectivity index (χ4n) is 3.74. The molecule has 19 heavy (non-hydrogen) atoms. The number of aliphatic hydroxyl groups is 1. The number of benzene rings is 1. The molecule has 98 valence electrons. The molecule has 0 saturated heterocycles. The molecule has 1 nitrogen and oxygen atoms in total. The summed E-state index contributed by atoms with van der Waals surface area (Å²) in [4.78, 5) is 0.943. The lowest BCUT2D eigenvalue weighted by atomic mass is 9.92. The van der Waals surface area contributed by atoms with Crippen LogP contribution in [0.4, 0.5) is 0 Å². The van der Waals surface area contributed by atoms with Gasteiger partial charge in [-0.1, -0.05) is 35.9 Å². The minimum Gasteiger partial charge on any atom is -0.387 e. The third-order valence-electron chi connectivity index (χ3n) is 4.67. The third kappa shape index (κ3) is 1.78. The normalized spacial score (nSPS) is 29.5. The number of hydrogen-bond acceptors (Lipinski definition) is 2. The van der Waals surface area contributed by atoms with E-state index < -0.39 is 6.10 Å². The molecule has 0 aliphatic heterocycles. The highest BCUT2D eigenvalue weighted by atomic mass is 35.5. The van der Waals surface area contributed by atoms with Gasteiger partial charge in [0.2, 0.25) is 0 Å². The fourth-order valence-corrected chi connectivity index (χ4v) is 4.95. The van der Waals surface area contributed by atoms with Crippen LogP contribution in [0.25, 0.3) is 0 Å². The number of thiophene rings is 1. The number of aliphatic hydroxyl groups excluding tert-OH is 1. The Labute approximate surface area is 121 Å². The van der Waals surface area contributed by atoms with Crippen LogP contribution in [0.3, 0.4) is 0 Å². The lowest BCUT2D eigenvalue weighted by molar-refractivity contribution is 0.148. The third-order valence-corrected chi connectivity index (χ3v) is 6.10. The second kappa shape index (κ2) is 4.34. The van der Waals surface area contributed by atoms with Gasteiger partial charge in [-0.25, -0.2) is 0 Å². The van der Waals surface area contributed by atoms with Crippen LogP contribution in [0.2, 0.25) is 5.02 Å². The molecule has 4 atom stereocenters. The van der Waals surface area contributed by atoms with Crippen molar-refractivity contribution in [1.29, 1.82) is 0 Å². The van der Waals surface area contributed by atoms with Gasteiger partial charge in [-0.2, -0.15) is 0 Å². The summed E-state index contributed by atoms with van der Waals surface area (Å²) in [5, 5.41) is 13.3. The van der Waals surface area contributed by atoms with Gasteiger partial charge in [0, 0.05) is 5.92 Å². The molecule has 1 aromatic heterocycles. The van der Waals surface area contributed by atoms with Crippen LogP contribution in [0, 0.1) is 11.8 Å². The summed E-state index contributed by atoms with van der Waals surface area (Å²) in [5.74, 6) is 1.54. The average Bonchev–Trinajstić information content (AvgIpc) is 3.04. The molecule has 1 N–H and O–H groups in total. The lowest BCUT2D eigenvalue weighted by Crippen LogP contribution is -2.00. The molecule has 2 aromatic rings. The first-order valence-electron chi connectivity index (χ1n) is 6.76. The summed E-state index contributed by atoms with van der Waals surface area (Å²) in [6.45, 7) is 0. The van der Waals surface area contributed by atoms with Crippen LogP contribution < -0.4 is 0 Å². The smallest absolute Gasteiger partial charge is 0.0933 e. The Morgan fingerprint density at radius 3 is 2.89 bits per heavy atom. The van der Waals surface area contributed by atoms with Gasteiger partial charge < -0.3 is 5.11 Å². The summed E-state index contributed by atoms with van der Waals surface area (Å²) in [7, 11) is 0. The number of rotatable bonds is 2. The van der Waals surface area contributed by atoms with E-state index in [1.807, 2.05) is 11.4 Å². The first-order valence-corrected chi connectivity index (χ1v) is 8.02. The van der Waals surface area contributed by atoms with Crippen molar-refractivity contribution in [3.05, 3.63) is 56.7 Å². The van der Waals surface area contributed by atoms with E-state index in [0.29, 0.717) is 17.8 Å². The zero-order chi connectivity index (χ0) is 13.0.